The first-order valence-electron chi connectivity index (χ1n) is 6.12. The molecule has 0 bridgehead atoms. The molecule has 1 aromatic rings. The van der Waals surface area contributed by atoms with E-state index < -0.39 is 5.82 Å². The van der Waals surface area contributed by atoms with Crippen molar-refractivity contribution >= 4 is 11.6 Å². The Bertz CT molecular complexity index is 516. The first-order valence-corrected chi connectivity index (χ1v) is 6.12. The molecule has 1 aliphatic heterocycles. The van der Waals surface area contributed by atoms with Crippen molar-refractivity contribution in [1.29, 1.82) is 0 Å². The number of nitrogens with two attached hydrogens (primary N) is 1. The van der Waals surface area contributed by atoms with Crippen LogP contribution in [-0.4, -0.2) is 48.4 Å². The fourth-order valence-corrected chi connectivity index (χ4v) is 2.11. The van der Waals surface area contributed by atoms with Gasteiger partial charge in [-0.15, -0.1) is 6.42 Å². The van der Waals surface area contributed by atoms with Crippen molar-refractivity contribution in [2.75, 3.05) is 38.5 Å². The molecular formula is C14H16FN3O. The molecule has 0 unspecified atom stereocenters. The van der Waals surface area contributed by atoms with Gasteiger partial charge in [-0.3, -0.25) is 9.69 Å². The zero-order valence-corrected chi connectivity index (χ0v) is 10.6. The van der Waals surface area contributed by atoms with Gasteiger partial charge in [0.05, 0.1) is 12.1 Å². The summed E-state index contributed by atoms with van der Waals surface area (Å²) in [5.41, 5.74) is 5.85. The van der Waals surface area contributed by atoms with Crippen LogP contribution in [-0.2, 0) is 0 Å². The standard InChI is InChI=1S/C14H16FN3O/c1-2-5-17-6-8-18(9-7-17)14(19)12-4-3-11(16)10-13(12)15/h1,3-4,10H,5-9,16H2. The summed E-state index contributed by atoms with van der Waals surface area (Å²) < 4.78 is 13.7. The molecule has 1 aromatic carbocycles. The third-order valence-electron chi connectivity index (χ3n) is 3.20. The van der Waals surface area contributed by atoms with E-state index in [4.69, 9.17) is 12.2 Å². The summed E-state index contributed by atoms with van der Waals surface area (Å²) in [7, 11) is 0. The van der Waals surface area contributed by atoms with Crippen molar-refractivity contribution < 1.29 is 9.18 Å². The second kappa shape index (κ2) is 5.72. The van der Waals surface area contributed by atoms with Crippen molar-refractivity contribution in [3.8, 4) is 12.3 Å². The lowest BCUT2D eigenvalue weighted by Gasteiger charge is -2.33. The molecule has 1 aliphatic rings. The number of carbonyl (C=O) groups excluding carboxylic acids is 1. The van der Waals surface area contributed by atoms with E-state index in [2.05, 4.69) is 10.8 Å². The molecule has 5 heteroatoms. The van der Waals surface area contributed by atoms with Gasteiger partial charge in [0.15, 0.2) is 0 Å². The number of amides is 1. The molecule has 1 heterocycles. The zero-order chi connectivity index (χ0) is 13.8. The number of anilines is 1. The van der Waals surface area contributed by atoms with Crippen LogP contribution in [0.25, 0.3) is 0 Å². The van der Waals surface area contributed by atoms with Crippen LogP contribution in [0.2, 0.25) is 0 Å². The monoisotopic (exact) mass is 261 g/mol. The highest BCUT2D eigenvalue weighted by Crippen LogP contribution is 2.15. The lowest BCUT2D eigenvalue weighted by Crippen LogP contribution is -2.48. The van der Waals surface area contributed by atoms with Gasteiger partial charge in [0, 0.05) is 31.9 Å². The molecule has 100 valence electrons. The predicted octanol–water partition coefficient (Wildman–Crippen LogP) is 0.799. The number of carbonyl (C=O) groups is 1. The fourth-order valence-electron chi connectivity index (χ4n) is 2.11. The highest BCUT2D eigenvalue weighted by Gasteiger charge is 2.23. The number of terminal acetylenes is 1. The molecule has 2 N–H and O–H groups in total. The van der Waals surface area contributed by atoms with Crippen LogP contribution in [0.4, 0.5) is 10.1 Å². The molecule has 1 amide bonds. The third kappa shape index (κ3) is 3.04. The minimum Gasteiger partial charge on any atom is -0.399 e. The second-order valence-corrected chi connectivity index (χ2v) is 4.51. The summed E-state index contributed by atoms with van der Waals surface area (Å²) >= 11 is 0. The quantitative estimate of drug-likeness (QED) is 0.633. The molecule has 19 heavy (non-hydrogen) atoms. The Morgan fingerprint density at radius 3 is 2.63 bits per heavy atom. The Hall–Kier alpha value is -2.06. The summed E-state index contributed by atoms with van der Waals surface area (Å²) in [6, 6.07) is 4.13. The fraction of sp³-hybridized carbons (Fsp3) is 0.357. The smallest absolute Gasteiger partial charge is 0.256 e. The van der Waals surface area contributed by atoms with Gasteiger partial charge < -0.3 is 10.6 Å². The average Bonchev–Trinajstić information content (AvgIpc) is 2.39. The Morgan fingerprint density at radius 2 is 2.05 bits per heavy atom. The van der Waals surface area contributed by atoms with Crippen LogP contribution in [0, 0.1) is 18.2 Å². The molecule has 0 spiro atoms. The Kier molecular flexibility index (Phi) is 4.03. The van der Waals surface area contributed by atoms with E-state index in [9.17, 15) is 9.18 Å². The van der Waals surface area contributed by atoms with Crippen LogP contribution in [0.15, 0.2) is 18.2 Å². The maximum absolute atomic E-state index is 13.7. The van der Waals surface area contributed by atoms with Crippen LogP contribution in [0.1, 0.15) is 10.4 Å². The van der Waals surface area contributed by atoms with Crippen molar-refractivity contribution in [2.24, 2.45) is 0 Å². The number of hydrogen-bond donors (Lipinski definition) is 1. The van der Waals surface area contributed by atoms with E-state index >= 15 is 0 Å². The minimum atomic E-state index is -0.573. The Morgan fingerprint density at radius 1 is 1.37 bits per heavy atom. The van der Waals surface area contributed by atoms with Crippen molar-refractivity contribution in [3.05, 3.63) is 29.6 Å². The van der Waals surface area contributed by atoms with E-state index in [0.717, 1.165) is 0 Å². The van der Waals surface area contributed by atoms with E-state index in [1.54, 1.807) is 4.90 Å². The molecule has 0 saturated carbocycles. The van der Waals surface area contributed by atoms with Crippen LogP contribution < -0.4 is 5.73 Å². The molecule has 1 saturated heterocycles. The van der Waals surface area contributed by atoms with E-state index in [0.29, 0.717) is 38.4 Å². The second-order valence-electron chi connectivity index (χ2n) is 4.51. The minimum absolute atomic E-state index is 0.0691. The zero-order valence-electron chi connectivity index (χ0n) is 10.6. The number of nitrogen functional groups attached to an aromatic ring is 1. The maximum Gasteiger partial charge on any atom is 0.256 e. The van der Waals surface area contributed by atoms with Gasteiger partial charge in [0.25, 0.3) is 5.91 Å². The van der Waals surface area contributed by atoms with Gasteiger partial charge in [-0.05, 0) is 18.2 Å². The summed E-state index contributed by atoms with van der Waals surface area (Å²) in [6.07, 6.45) is 5.25. The molecule has 1 fully saturated rings. The lowest BCUT2D eigenvalue weighted by molar-refractivity contribution is 0.0647. The van der Waals surface area contributed by atoms with Gasteiger partial charge in [-0.1, -0.05) is 5.92 Å². The number of benzene rings is 1. The highest BCUT2D eigenvalue weighted by molar-refractivity contribution is 5.94. The van der Waals surface area contributed by atoms with E-state index in [1.807, 2.05) is 0 Å². The highest BCUT2D eigenvalue weighted by atomic mass is 19.1. The van der Waals surface area contributed by atoms with Gasteiger partial charge in [0.1, 0.15) is 5.82 Å². The summed E-state index contributed by atoms with van der Waals surface area (Å²) in [4.78, 5) is 15.9. The molecular weight excluding hydrogens is 245 g/mol. The number of piperazine rings is 1. The van der Waals surface area contributed by atoms with Crippen molar-refractivity contribution in [1.82, 2.24) is 9.80 Å². The van der Waals surface area contributed by atoms with Gasteiger partial charge in [0.2, 0.25) is 0 Å². The largest absolute Gasteiger partial charge is 0.399 e. The molecule has 0 atom stereocenters. The number of rotatable bonds is 2. The molecule has 2 rings (SSSR count). The molecule has 4 nitrogen and oxygen atoms in total. The maximum atomic E-state index is 13.7. The van der Waals surface area contributed by atoms with Crippen molar-refractivity contribution in [3.63, 3.8) is 0 Å². The topological polar surface area (TPSA) is 49.6 Å². The van der Waals surface area contributed by atoms with Gasteiger partial charge in [-0.25, -0.2) is 4.39 Å². The van der Waals surface area contributed by atoms with Gasteiger partial charge >= 0.3 is 0 Å². The number of hydrogen-bond acceptors (Lipinski definition) is 3. The SMILES string of the molecule is C#CCN1CCN(C(=O)c2ccc(N)cc2F)CC1. The predicted molar refractivity (Wildman–Crippen MR) is 72.0 cm³/mol. The van der Waals surface area contributed by atoms with Crippen LogP contribution in [0.3, 0.4) is 0 Å². The van der Waals surface area contributed by atoms with E-state index in [-0.39, 0.29) is 11.5 Å². The van der Waals surface area contributed by atoms with E-state index in [1.165, 1.54) is 18.2 Å². The summed E-state index contributed by atoms with van der Waals surface area (Å²) in [6.45, 7) is 3.13. The van der Waals surface area contributed by atoms with Crippen LogP contribution >= 0.6 is 0 Å². The first kappa shape index (κ1) is 13.4. The summed E-state index contributed by atoms with van der Waals surface area (Å²) in [5.74, 6) is 1.71. The molecule has 0 radical (unpaired) electrons. The summed E-state index contributed by atoms with van der Waals surface area (Å²) in [5, 5.41) is 0. The van der Waals surface area contributed by atoms with Crippen molar-refractivity contribution in [2.45, 2.75) is 0 Å². The third-order valence-corrected chi connectivity index (χ3v) is 3.20. The number of halogens is 1. The molecule has 0 aliphatic carbocycles. The first-order chi connectivity index (χ1) is 9.11. The Balaban J connectivity index is 2.03. The number of nitrogens with zero attached hydrogens (tertiary/aromatic N) is 2. The lowest BCUT2D eigenvalue weighted by atomic mass is 10.1. The average molecular weight is 261 g/mol. The Labute approximate surface area is 112 Å². The van der Waals surface area contributed by atoms with Gasteiger partial charge in [-0.2, -0.15) is 0 Å². The normalized spacial score (nSPS) is 16.1. The molecule has 0 aromatic heterocycles. The van der Waals surface area contributed by atoms with Crippen LogP contribution in [0.5, 0.6) is 0 Å².